The number of carbonyl (C=O) groups excluding carboxylic acids is 2. The second-order valence-corrected chi connectivity index (χ2v) is 7.26. The molecule has 0 bridgehead atoms. The number of aryl methyl sites for hydroxylation is 1. The summed E-state index contributed by atoms with van der Waals surface area (Å²) in [5.74, 6) is 5.80. The number of amides is 2. The molecule has 0 aliphatic carbocycles. The maximum Gasteiger partial charge on any atom is 0.251 e. The monoisotopic (exact) mass is 380 g/mol. The van der Waals surface area contributed by atoms with Crippen LogP contribution in [0.1, 0.15) is 43.0 Å². The van der Waals surface area contributed by atoms with E-state index in [1.54, 1.807) is 4.68 Å². The molecule has 2 aliphatic rings. The van der Waals surface area contributed by atoms with Gasteiger partial charge in [-0.2, -0.15) is 5.10 Å². The van der Waals surface area contributed by atoms with Crippen molar-refractivity contribution in [2.75, 3.05) is 19.7 Å². The van der Waals surface area contributed by atoms with Gasteiger partial charge in [0.1, 0.15) is 12.6 Å². The Bertz CT molecular complexity index is 963. The van der Waals surface area contributed by atoms with Crippen LogP contribution < -0.4 is 10.6 Å². The number of fused-ring (bicyclic) bond motifs is 1. The summed E-state index contributed by atoms with van der Waals surface area (Å²) in [6.45, 7) is 4.31. The number of nitrogens with one attached hydrogen (secondary N) is 2. The quantitative estimate of drug-likeness (QED) is 0.622. The molecule has 3 heterocycles. The highest BCUT2D eigenvalue weighted by Crippen LogP contribution is 2.28. The standard InChI is InChI=1S/C21H24N4O3/c1-14-20-15(5-3-13-28-16-9-11-22-12-10-16)4-2-6-17(20)25(24-14)18-7-8-19(26)23-21(18)27/h2,4,6,16,18,22H,7-13H2,1H3,(H,23,26,27). The average molecular weight is 380 g/mol. The van der Waals surface area contributed by atoms with Gasteiger partial charge in [0.15, 0.2) is 0 Å². The molecule has 2 aliphatic heterocycles. The van der Waals surface area contributed by atoms with E-state index in [1.807, 2.05) is 25.1 Å². The Hall–Kier alpha value is -2.69. The van der Waals surface area contributed by atoms with E-state index in [-0.39, 0.29) is 17.9 Å². The normalized spacial score (nSPS) is 20.7. The Labute approximate surface area is 163 Å². The van der Waals surface area contributed by atoms with E-state index in [0.717, 1.165) is 48.1 Å². The Morgan fingerprint density at radius 2 is 2.07 bits per heavy atom. The van der Waals surface area contributed by atoms with Crippen LogP contribution in [0.4, 0.5) is 0 Å². The van der Waals surface area contributed by atoms with Crippen molar-refractivity contribution in [1.82, 2.24) is 20.4 Å². The van der Waals surface area contributed by atoms with Gasteiger partial charge >= 0.3 is 0 Å². The number of rotatable bonds is 3. The van der Waals surface area contributed by atoms with E-state index in [1.165, 1.54) is 0 Å². The summed E-state index contributed by atoms with van der Waals surface area (Å²) in [5.41, 5.74) is 2.56. The second kappa shape index (κ2) is 8.13. The molecule has 2 amide bonds. The number of hydrogen-bond acceptors (Lipinski definition) is 5. The smallest absolute Gasteiger partial charge is 0.251 e. The van der Waals surface area contributed by atoms with E-state index in [4.69, 9.17) is 4.74 Å². The zero-order valence-corrected chi connectivity index (χ0v) is 16.0. The van der Waals surface area contributed by atoms with E-state index >= 15 is 0 Å². The minimum Gasteiger partial charge on any atom is -0.365 e. The van der Waals surface area contributed by atoms with Crippen LogP contribution in [0.25, 0.3) is 10.9 Å². The SMILES string of the molecule is Cc1nn(C2CCC(=O)NC2=O)c2cccc(C#CCOC3CCNCC3)c12. The Morgan fingerprint density at radius 3 is 2.86 bits per heavy atom. The highest BCUT2D eigenvalue weighted by molar-refractivity contribution is 6.00. The lowest BCUT2D eigenvalue weighted by atomic mass is 10.1. The molecule has 146 valence electrons. The van der Waals surface area contributed by atoms with Crippen molar-refractivity contribution in [2.24, 2.45) is 0 Å². The van der Waals surface area contributed by atoms with Gasteiger partial charge in [-0.3, -0.25) is 19.6 Å². The highest BCUT2D eigenvalue weighted by atomic mass is 16.5. The van der Waals surface area contributed by atoms with Crippen molar-refractivity contribution in [1.29, 1.82) is 0 Å². The molecule has 1 aromatic heterocycles. The van der Waals surface area contributed by atoms with Gasteiger partial charge in [0.2, 0.25) is 5.91 Å². The highest BCUT2D eigenvalue weighted by Gasteiger charge is 2.30. The fraction of sp³-hybridized carbons (Fsp3) is 0.476. The molecule has 0 spiro atoms. The summed E-state index contributed by atoms with van der Waals surface area (Å²) in [6.07, 6.45) is 3.11. The molecule has 28 heavy (non-hydrogen) atoms. The molecule has 7 nitrogen and oxygen atoms in total. The lowest BCUT2D eigenvalue weighted by Gasteiger charge is -2.21. The summed E-state index contributed by atoms with van der Waals surface area (Å²) < 4.78 is 7.58. The van der Waals surface area contributed by atoms with Gasteiger partial charge in [0.25, 0.3) is 5.91 Å². The minimum atomic E-state index is -0.472. The number of imide groups is 1. The minimum absolute atomic E-state index is 0.227. The third kappa shape index (κ3) is 3.79. The van der Waals surface area contributed by atoms with Crippen molar-refractivity contribution >= 4 is 22.7 Å². The van der Waals surface area contributed by atoms with E-state index in [2.05, 4.69) is 27.6 Å². The summed E-state index contributed by atoms with van der Waals surface area (Å²) >= 11 is 0. The molecular formula is C21H24N4O3. The fourth-order valence-electron chi connectivity index (χ4n) is 3.89. The second-order valence-electron chi connectivity index (χ2n) is 7.26. The Balaban J connectivity index is 1.56. The first-order chi connectivity index (χ1) is 13.6. The molecule has 2 fully saturated rings. The van der Waals surface area contributed by atoms with Crippen molar-refractivity contribution in [3.05, 3.63) is 29.5 Å². The van der Waals surface area contributed by atoms with Crippen LogP contribution in [0.5, 0.6) is 0 Å². The van der Waals surface area contributed by atoms with Crippen molar-refractivity contribution < 1.29 is 14.3 Å². The summed E-state index contributed by atoms with van der Waals surface area (Å²) in [5, 5.41) is 11.3. The first-order valence-electron chi connectivity index (χ1n) is 9.76. The first-order valence-corrected chi connectivity index (χ1v) is 9.76. The molecule has 1 aromatic carbocycles. The van der Waals surface area contributed by atoms with Crippen LogP contribution in [0.2, 0.25) is 0 Å². The fourth-order valence-corrected chi connectivity index (χ4v) is 3.89. The van der Waals surface area contributed by atoms with Crippen LogP contribution >= 0.6 is 0 Å². The molecule has 4 rings (SSSR count). The summed E-state index contributed by atoms with van der Waals surface area (Å²) in [4.78, 5) is 23.7. The Morgan fingerprint density at radius 1 is 1.25 bits per heavy atom. The molecule has 0 saturated carbocycles. The molecule has 0 radical (unpaired) electrons. The molecule has 1 unspecified atom stereocenters. The summed E-state index contributed by atoms with van der Waals surface area (Å²) in [6, 6.07) is 5.35. The molecule has 2 aromatic rings. The predicted octanol–water partition coefficient (Wildman–Crippen LogP) is 1.44. The van der Waals surface area contributed by atoms with Crippen LogP contribution in [-0.2, 0) is 14.3 Å². The number of nitrogens with zero attached hydrogens (tertiary/aromatic N) is 2. The maximum absolute atomic E-state index is 12.3. The molecule has 2 saturated heterocycles. The third-order valence-corrected chi connectivity index (χ3v) is 5.31. The Kier molecular flexibility index (Phi) is 5.42. The average Bonchev–Trinajstić information content (AvgIpc) is 3.03. The van der Waals surface area contributed by atoms with Crippen LogP contribution in [0.3, 0.4) is 0 Å². The van der Waals surface area contributed by atoms with Crippen LogP contribution in [0.15, 0.2) is 18.2 Å². The summed E-state index contributed by atoms with van der Waals surface area (Å²) in [7, 11) is 0. The van der Waals surface area contributed by atoms with Crippen LogP contribution in [0, 0.1) is 18.8 Å². The van der Waals surface area contributed by atoms with Crippen LogP contribution in [-0.4, -0.2) is 47.4 Å². The number of carbonyl (C=O) groups is 2. The molecule has 2 N–H and O–H groups in total. The van der Waals surface area contributed by atoms with E-state index in [9.17, 15) is 9.59 Å². The lowest BCUT2D eigenvalue weighted by molar-refractivity contribution is -0.135. The van der Waals surface area contributed by atoms with E-state index < -0.39 is 6.04 Å². The molecule has 1 atom stereocenters. The van der Waals surface area contributed by atoms with Gasteiger partial charge in [-0.05, 0) is 51.4 Å². The van der Waals surface area contributed by atoms with Gasteiger partial charge in [0.05, 0.1) is 17.3 Å². The lowest BCUT2D eigenvalue weighted by Crippen LogP contribution is -2.42. The number of piperidine rings is 2. The van der Waals surface area contributed by atoms with Crippen molar-refractivity contribution in [2.45, 2.75) is 44.8 Å². The van der Waals surface area contributed by atoms with Crippen molar-refractivity contribution in [3.63, 3.8) is 0 Å². The topological polar surface area (TPSA) is 85.2 Å². The number of ether oxygens (including phenoxy) is 1. The molecular weight excluding hydrogens is 356 g/mol. The molecule has 7 heteroatoms. The van der Waals surface area contributed by atoms with Crippen molar-refractivity contribution in [3.8, 4) is 11.8 Å². The zero-order valence-electron chi connectivity index (χ0n) is 16.0. The first kappa shape index (κ1) is 18.7. The number of benzene rings is 1. The van der Waals surface area contributed by atoms with Gasteiger partial charge in [-0.25, -0.2) is 0 Å². The van der Waals surface area contributed by atoms with Gasteiger partial charge in [-0.15, -0.1) is 0 Å². The zero-order chi connectivity index (χ0) is 19.5. The predicted molar refractivity (Wildman–Crippen MR) is 105 cm³/mol. The number of hydrogen-bond donors (Lipinski definition) is 2. The number of aromatic nitrogens is 2. The largest absolute Gasteiger partial charge is 0.365 e. The van der Waals surface area contributed by atoms with E-state index in [0.29, 0.717) is 19.4 Å². The maximum atomic E-state index is 12.3. The van der Waals surface area contributed by atoms with Gasteiger partial charge in [0, 0.05) is 17.4 Å². The van der Waals surface area contributed by atoms with Gasteiger partial charge in [-0.1, -0.05) is 17.9 Å². The van der Waals surface area contributed by atoms with Gasteiger partial charge < -0.3 is 10.1 Å². The third-order valence-electron chi connectivity index (χ3n) is 5.31.